The van der Waals surface area contributed by atoms with E-state index >= 15 is 0 Å². The molecule has 0 aliphatic carbocycles. The fourth-order valence-electron chi connectivity index (χ4n) is 1.91. The quantitative estimate of drug-likeness (QED) is 0.758. The van der Waals surface area contributed by atoms with Gasteiger partial charge in [0.05, 0.1) is 22.4 Å². The first kappa shape index (κ1) is 17.4. The van der Waals surface area contributed by atoms with Gasteiger partial charge in [-0.1, -0.05) is 38.5 Å². The molecule has 114 valence electrons. The van der Waals surface area contributed by atoms with Gasteiger partial charge in [-0.05, 0) is 25.0 Å². The minimum Gasteiger partial charge on any atom is -0.390 e. The average Bonchev–Trinajstić information content (AvgIpc) is 2.44. The molecule has 4 atom stereocenters. The summed E-state index contributed by atoms with van der Waals surface area (Å²) in [7, 11) is -3.66. The third-order valence-corrected chi connectivity index (χ3v) is 5.17. The van der Waals surface area contributed by atoms with Crippen molar-refractivity contribution < 1.29 is 13.5 Å². The lowest BCUT2D eigenvalue weighted by atomic mass is 9.94. The van der Waals surface area contributed by atoms with E-state index < -0.39 is 27.5 Å². The molecule has 0 spiro atoms. The maximum atomic E-state index is 12.3. The average molecular weight is 320 g/mol. The van der Waals surface area contributed by atoms with Crippen LogP contribution in [0, 0.1) is 5.92 Å². The Bertz CT molecular complexity index is 504. The molecule has 0 aliphatic rings. The number of aliphatic hydroxyl groups is 1. The number of benzene rings is 1. The van der Waals surface area contributed by atoms with Gasteiger partial charge in [0.2, 0.25) is 10.0 Å². The van der Waals surface area contributed by atoms with Crippen LogP contribution in [0.4, 0.5) is 0 Å². The summed E-state index contributed by atoms with van der Waals surface area (Å²) in [5.41, 5.74) is 0. The van der Waals surface area contributed by atoms with Crippen LogP contribution >= 0.6 is 11.6 Å². The number of hydrogen-bond donors (Lipinski definition) is 2. The summed E-state index contributed by atoms with van der Waals surface area (Å²) >= 11 is 5.91. The molecule has 0 aliphatic heterocycles. The van der Waals surface area contributed by atoms with Gasteiger partial charge in [0.15, 0.2) is 0 Å². The van der Waals surface area contributed by atoms with E-state index in [1.807, 2.05) is 13.8 Å². The van der Waals surface area contributed by atoms with E-state index in [1.165, 1.54) is 12.1 Å². The summed E-state index contributed by atoms with van der Waals surface area (Å²) in [5.74, 6) is -0.0234. The zero-order valence-corrected chi connectivity index (χ0v) is 13.5. The molecule has 1 aromatic carbocycles. The molecule has 6 heteroatoms. The first-order chi connectivity index (χ1) is 9.29. The van der Waals surface area contributed by atoms with Crippen molar-refractivity contribution in [2.75, 3.05) is 0 Å². The second kappa shape index (κ2) is 7.41. The van der Waals surface area contributed by atoms with E-state index in [1.54, 1.807) is 25.1 Å². The van der Waals surface area contributed by atoms with Gasteiger partial charge in [-0.2, -0.15) is 0 Å². The maximum absolute atomic E-state index is 12.3. The molecule has 0 saturated carbocycles. The van der Waals surface area contributed by atoms with Gasteiger partial charge < -0.3 is 5.11 Å². The molecule has 0 bridgehead atoms. The van der Waals surface area contributed by atoms with E-state index in [9.17, 15) is 13.5 Å². The lowest BCUT2D eigenvalue weighted by Gasteiger charge is -2.30. The molecule has 0 fully saturated rings. The zero-order chi connectivity index (χ0) is 15.3. The Morgan fingerprint density at radius 3 is 2.25 bits per heavy atom. The Balaban J connectivity index is 3.01. The van der Waals surface area contributed by atoms with Crippen LogP contribution in [-0.2, 0) is 10.0 Å². The van der Waals surface area contributed by atoms with E-state index in [2.05, 4.69) is 4.72 Å². The Morgan fingerprint density at radius 1 is 1.25 bits per heavy atom. The molecule has 4 nitrogen and oxygen atoms in total. The van der Waals surface area contributed by atoms with Crippen molar-refractivity contribution in [2.24, 2.45) is 5.92 Å². The minimum atomic E-state index is -3.66. The molecule has 0 aromatic heterocycles. The number of sulfonamides is 1. The van der Waals surface area contributed by atoms with Crippen LogP contribution in [-0.4, -0.2) is 31.0 Å². The monoisotopic (exact) mass is 319 g/mol. The number of nitrogens with one attached hydrogen (secondary N) is 1. The van der Waals surface area contributed by atoms with E-state index in [0.717, 1.165) is 6.42 Å². The summed E-state index contributed by atoms with van der Waals surface area (Å²) in [6.07, 6.45) is -0.201. The van der Waals surface area contributed by atoms with Crippen LogP contribution in [0.2, 0.25) is 0 Å². The van der Waals surface area contributed by atoms with Crippen LogP contribution < -0.4 is 4.72 Å². The van der Waals surface area contributed by atoms with Crippen molar-refractivity contribution in [3.05, 3.63) is 30.3 Å². The highest BCUT2D eigenvalue weighted by atomic mass is 35.5. The van der Waals surface area contributed by atoms with Crippen molar-refractivity contribution in [3.63, 3.8) is 0 Å². The van der Waals surface area contributed by atoms with E-state index in [-0.39, 0.29) is 10.8 Å². The molecule has 1 aromatic rings. The lowest BCUT2D eigenvalue weighted by Crippen LogP contribution is -2.50. The van der Waals surface area contributed by atoms with Crippen molar-refractivity contribution in [2.45, 2.75) is 49.6 Å². The van der Waals surface area contributed by atoms with Gasteiger partial charge in [-0.15, -0.1) is 11.6 Å². The fraction of sp³-hybridized carbons (Fsp3) is 0.571. The first-order valence-corrected chi connectivity index (χ1v) is 8.61. The van der Waals surface area contributed by atoms with Crippen LogP contribution in [0.1, 0.15) is 27.2 Å². The molecule has 20 heavy (non-hydrogen) atoms. The molecule has 0 heterocycles. The van der Waals surface area contributed by atoms with Crippen molar-refractivity contribution in [3.8, 4) is 0 Å². The van der Waals surface area contributed by atoms with Crippen LogP contribution in [0.15, 0.2) is 35.2 Å². The number of aliphatic hydroxyl groups excluding tert-OH is 1. The van der Waals surface area contributed by atoms with Gasteiger partial charge in [0.25, 0.3) is 0 Å². The topological polar surface area (TPSA) is 66.4 Å². The Hall–Kier alpha value is -0.620. The molecule has 1 rings (SSSR count). The SMILES string of the molecule is CC[C@H](C)[C@H](NS(=O)(=O)c1ccccc1)[C@H](O)C(C)Cl. The third kappa shape index (κ3) is 4.45. The summed E-state index contributed by atoms with van der Waals surface area (Å²) in [6, 6.07) is 7.50. The molecule has 2 N–H and O–H groups in total. The van der Waals surface area contributed by atoms with Gasteiger partial charge in [0, 0.05) is 0 Å². The van der Waals surface area contributed by atoms with Gasteiger partial charge >= 0.3 is 0 Å². The number of rotatable bonds is 7. The van der Waals surface area contributed by atoms with E-state index in [0.29, 0.717) is 0 Å². The third-order valence-electron chi connectivity index (χ3n) is 3.44. The van der Waals surface area contributed by atoms with Crippen molar-refractivity contribution in [1.29, 1.82) is 0 Å². The van der Waals surface area contributed by atoms with Crippen LogP contribution in [0.25, 0.3) is 0 Å². The second-order valence-corrected chi connectivity index (χ2v) is 7.42. The molecular weight excluding hydrogens is 298 g/mol. The standard InChI is InChI=1S/C14H22ClNO3S/c1-4-10(2)13(14(17)11(3)15)16-20(18,19)12-8-6-5-7-9-12/h5-11,13-14,16-17H,4H2,1-3H3/t10-,11?,13-,14+/m0/s1. The number of alkyl halides is 1. The van der Waals surface area contributed by atoms with Gasteiger partial charge in [0.1, 0.15) is 0 Å². The maximum Gasteiger partial charge on any atom is 0.240 e. The zero-order valence-electron chi connectivity index (χ0n) is 12.0. The predicted molar refractivity (Wildman–Crippen MR) is 81.3 cm³/mol. The van der Waals surface area contributed by atoms with Crippen molar-refractivity contribution in [1.82, 2.24) is 4.72 Å². The predicted octanol–water partition coefficient (Wildman–Crippen LogP) is 2.37. The summed E-state index contributed by atoms with van der Waals surface area (Å²) in [4.78, 5) is 0.183. The molecule has 1 unspecified atom stereocenters. The Kier molecular flexibility index (Phi) is 6.45. The van der Waals surface area contributed by atoms with Crippen LogP contribution in [0.5, 0.6) is 0 Å². The summed E-state index contributed by atoms with van der Waals surface area (Å²) < 4.78 is 27.2. The number of halogens is 1. The smallest absolute Gasteiger partial charge is 0.240 e. The number of hydrogen-bond acceptors (Lipinski definition) is 3. The summed E-state index contributed by atoms with van der Waals surface area (Å²) in [6.45, 7) is 5.49. The lowest BCUT2D eigenvalue weighted by molar-refractivity contribution is 0.110. The second-order valence-electron chi connectivity index (χ2n) is 5.01. The van der Waals surface area contributed by atoms with E-state index in [4.69, 9.17) is 11.6 Å². The highest BCUT2D eigenvalue weighted by Gasteiger charge is 2.31. The molecule has 0 saturated heterocycles. The van der Waals surface area contributed by atoms with Crippen molar-refractivity contribution >= 4 is 21.6 Å². The molecule has 0 amide bonds. The van der Waals surface area contributed by atoms with Gasteiger partial charge in [-0.3, -0.25) is 0 Å². The highest BCUT2D eigenvalue weighted by molar-refractivity contribution is 7.89. The largest absolute Gasteiger partial charge is 0.390 e. The summed E-state index contributed by atoms with van der Waals surface area (Å²) in [5, 5.41) is 9.60. The normalized spacial score (nSPS) is 18.2. The Morgan fingerprint density at radius 2 is 1.80 bits per heavy atom. The minimum absolute atomic E-state index is 0.0234. The molecule has 0 radical (unpaired) electrons. The first-order valence-electron chi connectivity index (χ1n) is 6.69. The Labute approximate surface area is 126 Å². The van der Waals surface area contributed by atoms with Gasteiger partial charge in [-0.25, -0.2) is 13.1 Å². The molecular formula is C14H22ClNO3S. The highest BCUT2D eigenvalue weighted by Crippen LogP contribution is 2.19. The van der Waals surface area contributed by atoms with Crippen LogP contribution in [0.3, 0.4) is 0 Å². The fourth-order valence-corrected chi connectivity index (χ4v) is 3.45.